The zero-order valence-corrected chi connectivity index (χ0v) is 15.0. The van der Waals surface area contributed by atoms with Crippen molar-refractivity contribution in [3.8, 4) is 23.1 Å². The number of benzene rings is 2. The number of hydrogen-bond acceptors (Lipinski definition) is 7. The van der Waals surface area contributed by atoms with Gasteiger partial charge in [0.05, 0.1) is 12.7 Å². The second-order valence-electron chi connectivity index (χ2n) is 5.51. The average molecular weight is 381 g/mol. The van der Waals surface area contributed by atoms with Gasteiger partial charge in [-0.25, -0.2) is 9.78 Å². The summed E-state index contributed by atoms with van der Waals surface area (Å²) in [5, 5.41) is 32.0. The fourth-order valence-corrected chi connectivity index (χ4v) is 3.25. The lowest BCUT2D eigenvalue weighted by atomic mass is 10.1. The molecule has 1 atom stereocenters. The first kappa shape index (κ1) is 18.4. The van der Waals surface area contributed by atoms with Gasteiger partial charge in [-0.1, -0.05) is 23.5 Å². The molecule has 7 nitrogen and oxygen atoms in total. The van der Waals surface area contributed by atoms with Crippen LogP contribution in [0.5, 0.6) is 5.75 Å². The van der Waals surface area contributed by atoms with Crippen LogP contribution in [0.4, 0.5) is 5.13 Å². The summed E-state index contributed by atoms with van der Waals surface area (Å²) in [6, 6.07) is 15.2. The van der Waals surface area contributed by atoms with E-state index >= 15 is 0 Å². The molecule has 2 aromatic carbocycles. The predicted octanol–water partition coefficient (Wildman–Crippen LogP) is 3.49. The summed E-state index contributed by atoms with van der Waals surface area (Å²) in [6.07, 6.45) is -1.16. The Bertz CT molecular complexity index is 1010. The van der Waals surface area contributed by atoms with Crippen LogP contribution in [0.1, 0.15) is 27.0 Å². The Balaban J connectivity index is 1.85. The molecule has 0 aliphatic heterocycles. The molecule has 0 spiro atoms. The van der Waals surface area contributed by atoms with Gasteiger partial charge >= 0.3 is 5.97 Å². The number of nitrogens with one attached hydrogen (secondary N) is 1. The van der Waals surface area contributed by atoms with Gasteiger partial charge in [0.25, 0.3) is 0 Å². The molecule has 1 heterocycles. The maximum atomic E-state index is 11.1. The highest BCUT2D eigenvalue weighted by Crippen LogP contribution is 2.32. The number of carboxylic acid groups (broad SMARTS) is 1. The van der Waals surface area contributed by atoms with Gasteiger partial charge in [0.1, 0.15) is 22.4 Å². The summed E-state index contributed by atoms with van der Waals surface area (Å²) < 4.78 is 5.12. The van der Waals surface area contributed by atoms with Crippen LogP contribution in [-0.4, -0.2) is 28.3 Å². The van der Waals surface area contributed by atoms with Gasteiger partial charge in [-0.05, 0) is 36.4 Å². The van der Waals surface area contributed by atoms with Crippen molar-refractivity contribution in [1.29, 1.82) is 5.26 Å². The van der Waals surface area contributed by atoms with E-state index in [1.807, 2.05) is 0 Å². The number of aromatic carboxylic acids is 1. The number of thiazole rings is 1. The molecule has 0 bridgehead atoms. The lowest BCUT2D eigenvalue weighted by Gasteiger charge is -2.12. The van der Waals surface area contributed by atoms with Crippen LogP contribution in [0.2, 0.25) is 0 Å². The number of rotatable bonds is 6. The van der Waals surface area contributed by atoms with Crippen molar-refractivity contribution in [2.75, 3.05) is 12.4 Å². The summed E-state index contributed by atoms with van der Waals surface area (Å²) in [5.41, 5.74) is 1.71. The van der Waals surface area contributed by atoms with E-state index in [9.17, 15) is 15.2 Å². The molecule has 0 amide bonds. The molecule has 3 aromatic rings. The molecule has 0 aliphatic rings. The lowest BCUT2D eigenvalue weighted by molar-refractivity contribution is 0.0696. The SMILES string of the molecule is COc1ccc(-c2nc(NC(O)c3cccc(C(=O)O)c3)sc2C#N)cc1. The van der Waals surface area contributed by atoms with E-state index in [0.29, 0.717) is 27.0 Å². The van der Waals surface area contributed by atoms with Crippen LogP contribution in [0, 0.1) is 11.3 Å². The van der Waals surface area contributed by atoms with Crippen molar-refractivity contribution >= 4 is 22.4 Å². The quantitative estimate of drug-likeness (QED) is 0.560. The topological polar surface area (TPSA) is 115 Å². The summed E-state index contributed by atoms with van der Waals surface area (Å²) >= 11 is 1.11. The van der Waals surface area contributed by atoms with Crippen molar-refractivity contribution in [1.82, 2.24) is 4.98 Å². The summed E-state index contributed by atoms with van der Waals surface area (Å²) in [5.74, 6) is -0.383. The highest BCUT2D eigenvalue weighted by Gasteiger charge is 2.16. The number of methoxy groups -OCH3 is 1. The van der Waals surface area contributed by atoms with Crippen LogP contribution in [-0.2, 0) is 0 Å². The van der Waals surface area contributed by atoms with Crippen molar-refractivity contribution < 1.29 is 19.7 Å². The maximum absolute atomic E-state index is 11.1. The van der Waals surface area contributed by atoms with Crippen molar-refractivity contribution in [3.63, 3.8) is 0 Å². The van der Waals surface area contributed by atoms with Crippen molar-refractivity contribution in [2.45, 2.75) is 6.23 Å². The molecule has 0 aliphatic carbocycles. The van der Waals surface area contributed by atoms with Gasteiger partial charge in [0.15, 0.2) is 11.4 Å². The molecule has 136 valence electrons. The Morgan fingerprint density at radius 1 is 1.30 bits per heavy atom. The Hall–Kier alpha value is -3.41. The number of anilines is 1. The molecule has 8 heteroatoms. The minimum absolute atomic E-state index is 0.0733. The molecular formula is C19H15N3O4S. The van der Waals surface area contributed by atoms with Crippen LogP contribution in [0.25, 0.3) is 11.3 Å². The zero-order valence-electron chi connectivity index (χ0n) is 14.2. The van der Waals surface area contributed by atoms with E-state index in [1.54, 1.807) is 43.5 Å². The van der Waals surface area contributed by atoms with Crippen LogP contribution in [0.15, 0.2) is 48.5 Å². The van der Waals surface area contributed by atoms with E-state index < -0.39 is 12.2 Å². The third-order valence-electron chi connectivity index (χ3n) is 3.80. The Kier molecular flexibility index (Phi) is 5.35. The molecule has 1 aromatic heterocycles. The first-order chi connectivity index (χ1) is 13.0. The summed E-state index contributed by atoms with van der Waals surface area (Å²) in [4.78, 5) is 15.9. The van der Waals surface area contributed by atoms with Gasteiger partial charge in [0, 0.05) is 11.1 Å². The first-order valence-corrected chi connectivity index (χ1v) is 8.66. The number of nitrogens with zero attached hydrogens (tertiary/aromatic N) is 2. The van der Waals surface area contributed by atoms with Gasteiger partial charge < -0.3 is 20.3 Å². The second kappa shape index (κ2) is 7.86. The van der Waals surface area contributed by atoms with Gasteiger partial charge in [0.2, 0.25) is 0 Å². The molecule has 0 radical (unpaired) electrons. The minimum atomic E-state index is -1.16. The molecule has 1 unspecified atom stereocenters. The molecule has 0 saturated heterocycles. The van der Waals surface area contributed by atoms with Crippen LogP contribution >= 0.6 is 11.3 Å². The Labute approximate surface area is 159 Å². The number of nitriles is 1. The molecule has 3 N–H and O–H groups in total. The highest BCUT2D eigenvalue weighted by molar-refractivity contribution is 7.16. The maximum Gasteiger partial charge on any atom is 0.335 e. The molecular weight excluding hydrogens is 366 g/mol. The van der Waals surface area contributed by atoms with Crippen molar-refractivity contribution in [2.24, 2.45) is 0 Å². The Morgan fingerprint density at radius 3 is 2.67 bits per heavy atom. The lowest BCUT2D eigenvalue weighted by Crippen LogP contribution is -2.10. The van der Waals surface area contributed by atoms with E-state index in [0.717, 1.165) is 16.9 Å². The molecule has 0 saturated carbocycles. The van der Waals surface area contributed by atoms with Gasteiger partial charge in [-0.3, -0.25) is 0 Å². The average Bonchev–Trinajstić information content (AvgIpc) is 3.10. The fourth-order valence-electron chi connectivity index (χ4n) is 2.44. The standard InChI is InChI=1S/C19H15N3O4S/c1-26-14-7-5-11(6-8-14)16-15(10-20)27-19(21-16)22-17(23)12-3-2-4-13(9-12)18(24)25/h2-9,17,23H,1H3,(H,21,22)(H,24,25). The smallest absolute Gasteiger partial charge is 0.335 e. The molecule has 3 rings (SSSR count). The normalized spacial score (nSPS) is 11.4. The minimum Gasteiger partial charge on any atom is -0.497 e. The van der Waals surface area contributed by atoms with Crippen LogP contribution < -0.4 is 10.1 Å². The Morgan fingerprint density at radius 2 is 2.04 bits per heavy atom. The number of aromatic nitrogens is 1. The number of aliphatic hydroxyl groups excluding tert-OH is 1. The number of hydrogen-bond donors (Lipinski definition) is 3. The van der Waals surface area contributed by atoms with Crippen molar-refractivity contribution in [3.05, 3.63) is 64.5 Å². The third kappa shape index (κ3) is 4.06. The monoisotopic (exact) mass is 381 g/mol. The fraction of sp³-hybridized carbons (Fsp3) is 0.105. The van der Waals surface area contributed by atoms with Crippen LogP contribution in [0.3, 0.4) is 0 Å². The second-order valence-corrected chi connectivity index (χ2v) is 6.51. The predicted molar refractivity (Wildman–Crippen MR) is 101 cm³/mol. The van der Waals surface area contributed by atoms with E-state index in [-0.39, 0.29) is 5.56 Å². The largest absolute Gasteiger partial charge is 0.497 e. The number of ether oxygens (including phenoxy) is 1. The highest BCUT2D eigenvalue weighted by atomic mass is 32.1. The van der Waals surface area contributed by atoms with E-state index in [4.69, 9.17) is 9.84 Å². The summed E-state index contributed by atoms with van der Waals surface area (Å²) in [7, 11) is 1.57. The van der Waals surface area contributed by atoms with E-state index in [2.05, 4.69) is 16.4 Å². The third-order valence-corrected chi connectivity index (χ3v) is 4.69. The number of aliphatic hydroxyl groups is 1. The summed E-state index contributed by atoms with van der Waals surface area (Å²) in [6.45, 7) is 0. The zero-order chi connectivity index (χ0) is 19.4. The van der Waals surface area contributed by atoms with E-state index in [1.165, 1.54) is 12.1 Å². The van der Waals surface area contributed by atoms with Gasteiger partial charge in [-0.15, -0.1) is 0 Å². The molecule has 27 heavy (non-hydrogen) atoms. The van der Waals surface area contributed by atoms with Gasteiger partial charge in [-0.2, -0.15) is 5.26 Å². The molecule has 0 fully saturated rings. The first-order valence-electron chi connectivity index (χ1n) is 7.85. The number of carbonyl (C=O) groups is 1. The number of carboxylic acids is 1.